The van der Waals surface area contributed by atoms with Gasteiger partial charge in [0.25, 0.3) is 5.92 Å². The lowest BCUT2D eigenvalue weighted by Crippen LogP contribution is -2.58. The van der Waals surface area contributed by atoms with E-state index in [0.29, 0.717) is 70.1 Å². The van der Waals surface area contributed by atoms with Crippen LogP contribution in [0, 0.1) is 24.6 Å². The molecule has 2 aliphatic carbocycles. The number of benzene rings is 1. The second-order valence-electron chi connectivity index (χ2n) is 14.5. The number of rotatable bonds is 9. The number of likely N-dealkylation sites (tertiary alicyclic amines) is 1. The van der Waals surface area contributed by atoms with E-state index in [-0.39, 0.29) is 48.6 Å². The molecule has 254 valence electrons. The number of sulfonamides is 1. The van der Waals surface area contributed by atoms with Crippen molar-refractivity contribution in [2.45, 2.75) is 109 Å². The number of carbonyl (C=O) groups excluding carboxylic acids is 1. The monoisotopic (exact) mass is 654 g/mol. The minimum Gasteiger partial charge on any atom is -0.340 e. The lowest BCUT2D eigenvalue weighted by Gasteiger charge is -2.45. The third-order valence-corrected chi connectivity index (χ3v) is 12.5. The molecule has 1 amide bonds. The van der Waals surface area contributed by atoms with Crippen LogP contribution in [-0.4, -0.2) is 109 Å². The van der Waals surface area contributed by atoms with Gasteiger partial charge < -0.3 is 4.90 Å². The van der Waals surface area contributed by atoms with Crippen LogP contribution in [0.5, 0.6) is 0 Å². The summed E-state index contributed by atoms with van der Waals surface area (Å²) in [6, 6.07) is 5.15. The van der Waals surface area contributed by atoms with Gasteiger partial charge in [0.15, 0.2) is 0 Å². The Labute approximate surface area is 268 Å². The summed E-state index contributed by atoms with van der Waals surface area (Å²) >= 11 is 0. The molecule has 2 aliphatic heterocycles. The molecule has 45 heavy (non-hydrogen) atoms. The molecule has 0 N–H and O–H groups in total. The first kappa shape index (κ1) is 34.6. The van der Waals surface area contributed by atoms with Crippen molar-refractivity contribution in [1.29, 1.82) is 0 Å². The Morgan fingerprint density at radius 3 is 2.22 bits per heavy atom. The Morgan fingerprint density at radius 1 is 1.00 bits per heavy atom. The summed E-state index contributed by atoms with van der Waals surface area (Å²) < 4.78 is 70.3. The first-order chi connectivity index (χ1) is 21.2. The zero-order valence-corrected chi connectivity index (χ0v) is 28.4. The Bertz CT molecular complexity index is 1270. The van der Waals surface area contributed by atoms with Crippen LogP contribution in [0.2, 0.25) is 0 Å². The first-order valence-electron chi connectivity index (χ1n) is 17.1. The fourth-order valence-electron chi connectivity index (χ4n) is 8.58. The number of piperidine rings is 1. The van der Waals surface area contributed by atoms with Crippen molar-refractivity contribution in [3.8, 4) is 0 Å². The van der Waals surface area contributed by atoms with E-state index in [9.17, 15) is 22.0 Å². The number of alkyl halides is 2. The molecule has 2 saturated heterocycles. The fourth-order valence-corrected chi connectivity index (χ4v) is 9.77. The summed E-state index contributed by atoms with van der Waals surface area (Å²) in [5.74, 6) is -3.20. The Balaban J connectivity index is 1.31. The second kappa shape index (κ2) is 14.2. The minimum absolute atomic E-state index is 0.0265. The Kier molecular flexibility index (Phi) is 10.9. The van der Waals surface area contributed by atoms with E-state index >= 15 is 4.39 Å². The quantitative estimate of drug-likeness (QED) is 0.353. The highest BCUT2D eigenvalue weighted by atomic mass is 32.2. The molecule has 7 nitrogen and oxygen atoms in total. The van der Waals surface area contributed by atoms with Crippen LogP contribution in [0.3, 0.4) is 0 Å². The van der Waals surface area contributed by atoms with Gasteiger partial charge in [-0.25, -0.2) is 21.6 Å². The number of hydrogen-bond acceptors (Lipinski definition) is 5. The van der Waals surface area contributed by atoms with E-state index in [1.54, 1.807) is 10.4 Å². The van der Waals surface area contributed by atoms with Gasteiger partial charge in [0, 0.05) is 82.7 Å². The highest BCUT2D eigenvalue weighted by Crippen LogP contribution is 2.45. The molecule has 1 aromatic rings. The SMILES string of the molecule is Cc1ccc([C@@H]2CC(N3CCC(F)(F)CC3)C[C@H]2C(=O)N2CCN(C(CN(C(C)C)S(C)(=O)=O)C3CCCCC3)CC2)c(F)c1. The predicted molar refractivity (Wildman–Crippen MR) is 171 cm³/mol. The zero-order chi connectivity index (χ0) is 32.5. The summed E-state index contributed by atoms with van der Waals surface area (Å²) in [5, 5.41) is 0. The zero-order valence-electron chi connectivity index (χ0n) is 27.6. The normalized spacial score (nSPS) is 28.2. The van der Waals surface area contributed by atoms with Crippen molar-refractivity contribution in [3.63, 3.8) is 0 Å². The topological polar surface area (TPSA) is 64.2 Å². The maximum atomic E-state index is 15.3. The fraction of sp³-hybridized carbons (Fsp3) is 0.794. The number of nitrogens with zero attached hydrogens (tertiary/aromatic N) is 4. The molecule has 2 unspecified atom stereocenters. The smallest absolute Gasteiger partial charge is 0.250 e. The van der Waals surface area contributed by atoms with Gasteiger partial charge in [-0.15, -0.1) is 0 Å². The van der Waals surface area contributed by atoms with Crippen molar-refractivity contribution in [1.82, 2.24) is 19.0 Å². The van der Waals surface area contributed by atoms with Gasteiger partial charge in [0.05, 0.1) is 6.26 Å². The van der Waals surface area contributed by atoms with E-state index in [0.717, 1.165) is 31.2 Å². The molecule has 11 heteroatoms. The minimum atomic E-state index is -3.37. The molecule has 0 bridgehead atoms. The molecule has 1 aromatic carbocycles. The molecule has 5 rings (SSSR count). The van der Waals surface area contributed by atoms with E-state index in [4.69, 9.17) is 0 Å². The highest BCUT2D eigenvalue weighted by molar-refractivity contribution is 7.88. The third kappa shape index (κ3) is 8.25. The molecule has 0 spiro atoms. The van der Waals surface area contributed by atoms with Gasteiger partial charge >= 0.3 is 0 Å². The number of carbonyl (C=O) groups is 1. The van der Waals surface area contributed by atoms with E-state index in [1.807, 2.05) is 31.7 Å². The van der Waals surface area contributed by atoms with Crippen molar-refractivity contribution < 1.29 is 26.4 Å². The van der Waals surface area contributed by atoms with Crippen molar-refractivity contribution >= 4 is 15.9 Å². The van der Waals surface area contributed by atoms with Crippen LogP contribution in [0.4, 0.5) is 13.2 Å². The number of piperazine rings is 1. The molecule has 0 aromatic heterocycles. The van der Waals surface area contributed by atoms with Gasteiger partial charge in [-0.2, -0.15) is 4.31 Å². The van der Waals surface area contributed by atoms with Crippen LogP contribution in [0.25, 0.3) is 0 Å². The van der Waals surface area contributed by atoms with Gasteiger partial charge in [0.1, 0.15) is 5.82 Å². The maximum Gasteiger partial charge on any atom is 0.250 e. The lowest BCUT2D eigenvalue weighted by molar-refractivity contribution is -0.138. The largest absolute Gasteiger partial charge is 0.340 e. The number of halogens is 3. The van der Waals surface area contributed by atoms with Crippen molar-refractivity contribution in [2.24, 2.45) is 11.8 Å². The molecule has 4 aliphatic rings. The second-order valence-corrected chi connectivity index (χ2v) is 16.4. The summed E-state index contributed by atoms with van der Waals surface area (Å²) in [4.78, 5) is 20.6. The summed E-state index contributed by atoms with van der Waals surface area (Å²) in [5.41, 5.74) is 1.37. The number of amides is 1. The standard InChI is InChI=1S/C34H53F3N4O3S/c1-24(2)41(45(4,43)44)23-32(26-8-6-5-7-9-26)39-16-18-40(19-17-39)33(42)30-22-27(38-14-12-34(36,37)13-15-38)21-29(30)28-11-10-25(3)20-31(28)35/h10-11,20,24,26-27,29-30,32H,5-9,12-19,21-23H2,1-4H3/t27?,29-,30+,32?/m0/s1. The predicted octanol–water partition coefficient (Wildman–Crippen LogP) is 5.49. The van der Waals surface area contributed by atoms with Gasteiger partial charge in [-0.3, -0.25) is 14.6 Å². The molecule has 2 heterocycles. The average Bonchev–Trinajstić information content (AvgIpc) is 3.42. The maximum absolute atomic E-state index is 15.3. The van der Waals surface area contributed by atoms with Crippen LogP contribution in [0.15, 0.2) is 18.2 Å². The molecule has 2 saturated carbocycles. The van der Waals surface area contributed by atoms with Crippen LogP contribution in [0.1, 0.15) is 88.7 Å². The van der Waals surface area contributed by atoms with E-state index in [2.05, 4.69) is 9.80 Å². The van der Waals surface area contributed by atoms with E-state index < -0.39 is 21.9 Å². The number of aryl methyl sites for hydroxylation is 1. The van der Waals surface area contributed by atoms with Crippen LogP contribution < -0.4 is 0 Å². The molecule has 4 fully saturated rings. The highest BCUT2D eigenvalue weighted by Gasteiger charge is 2.47. The van der Waals surface area contributed by atoms with Gasteiger partial charge in [0.2, 0.25) is 15.9 Å². The lowest BCUT2D eigenvalue weighted by atomic mass is 9.82. The van der Waals surface area contributed by atoms with Crippen LogP contribution >= 0.6 is 0 Å². The molecule has 4 atom stereocenters. The molecular weight excluding hydrogens is 601 g/mol. The van der Waals surface area contributed by atoms with Crippen LogP contribution in [-0.2, 0) is 14.8 Å². The van der Waals surface area contributed by atoms with Gasteiger partial charge in [-0.05, 0) is 75.5 Å². The Morgan fingerprint density at radius 2 is 1.64 bits per heavy atom. The third-order valence-electron chi connectivity index (χ3n) is 11.1. The van der Waals surface area contributed by atoms with Crippen molar-refractivity contribution in [3.05, 3.63) is 35.1 Å². The Hall–Kier alpha value is -1.69. The summed E-state index contributed by atoms with van der Waals surface area (Å²) in [6.07, 6.45) is 7.79. The average molecular weight is 655 g/mol. The molecular formula is C34H53F3N4O3S. The first-order valence-corrected chi connectivity index (χ1v) is 19.0. The molecule has 0 radical (unpaired) electrons. The van der Waals surface area contributed by atoms with Gasteiger partial charge in [-0.1, -0.05) is 31.4 Å². The van der Waals surface area contributed by atoms with E-state index in [1.165, 1.54) is 18.7 Å². The van der Waals surface area contributed by atoms with Crippen molar-refractivity contribution in [2.75, 3.05) is 52.1 Å². The summed E-state index contributed by atoms with van der Waals surface area (Å²) in [6.45, 7) is 9.17. The summed E-state index contributed by atoms with van der Waals surface area (Å²) in [7, 11) is -3.37. The number of hydrogen-bond donors (Lipinski definition) is 0.